The van der Waals surface area contributed by atoms with Crippen LogP contribution in [-0.2, 0) is 105 Å². The van der Waals surface area contributed by atoms with Gasteiger partial charge in [0.2, 0.25) is 0 Å². The number of fused-ring (bicyclic) bond motifs is 28. The van der Waals surface area contributed by atoms with E-state index in [0.717, 1.165) is 222 Å². The third kappa shape index (κ3) is 13.8. The van der Waals surface area contributed by atoms with Gasteiger partial charge < -0.3 is 84.2 Å². The van der Waals surface area contributed by atoms with Gasteiger partial charge >= 0.3 is 0 Å². The molecule has 8 aliphatic rings. The number of aliphatic hydroxyl groups is 10. The number of rotatable bonds is 16. The molecule has 5 atom stereocenters. The van der Waals surface area contributed by atoms with E-state index in [-0.39, 0.29) is 65.5 Å². The third-order valence-corrected chi connectivity index (χ3v) is 27.3. The van der Waals surface area contributed by atoms with Gasteiger partial charge in [-0.05, 0) is 324 Å². The first kappa shape index (κ1) is 80.2. The predicted octanol–water partition coefficient (Wildman–Crippen LogP) is 13.0. The SMILES string of the molecule is COc1cc2c3c(c4cc(OC)c(CO)cc4c2cc1CO)CN1CCC[C@@H]1C3.COc1cc2c3c(c4cc(OC)c(CO)cc4c2cc1CO)CN1CCC[C@H]1C3.COc1cc2c3c(c4cc(OC)c(CO)cc4c2cc1CO)[C@H](O)[C@@H]1CCCN1C3.COc1cc2c3c(c4ccc(CO)c(CO)c4c2cc1CO)CN1CCC[C@@H]1C3. The third-order valence-electron chi connectivity index (χ3n) is 27.3. The Morgan fingerprint density at radius 2 is 0.547 bits per heavy atom. The summed E-state index contributed by atoms with van der Waals surface area (Å²) in [6.45, 7) is 7.10. The topological polar surface area (TPSA) is 280 Å². The Morgan fingerprint density at radius 3 is 0.880 bits per heavy atom. The molecule has 4 fully saturated rings. The lowest BCUT2D eigenvalue weighted by Crippen LogP contribution is -2.39. The average Bonchev–Trinajstić information content (AvgIpc) is 1.69. The van der Waals surface area contributed by atoms with E-state index in [1.54, 1.807) is 49.8 Å². The molecule has 117 heavy (non-hydrogen) atoms. The minimum Gasteiger partial charge on any atom is -0.496 e. The van der Waals surface area contributed by atoms with Crippen molar-refractivity contribution in [1.29, 1.82) is 0 Å². The fourth-order valence-corrected chi connectivity index (χ4v) is 21.6. The zero-order chi connectivity index (χ0) is 81.4. The number of aliphatic hydroxyl groups excluding tert-OH is 10. The van der Waals surface area contributed by atoms with Gasteiger partial charge in [0.15, 0.2) is 0 Å². The normalized spacial score (nSPS) is 19.4. The molecule has 0 amide bonds. The van der Waals surface area contributed by atoms with Crippen LogP contribution in [0.15, 0.2) is 97.1 Å². The summed E-state index contributed by atoms with van der Waals surface area (Å²) in [5.74, 6) is 4.85. The lowest BCUT2D eigenvalue weighted by molar-refractivity contribution is 0.0552. The first-order valence-corrected chi connectivity index (χ1v) is 41.3. The van der Waals surface area contributed by atoms with Gasteiger partial charge in [0.05, 0.1) is 115 Å². The smallest absolute Gasteiger partial charge is 0.125 e. The van der Waals surface area contributed by atoms with Crippen molar-refractivity contribution in [2.45, 2.75) is 187 Å². The van der Waals surface area contributed by atoms with Gasteiger partial charge in [0, 0.05) is 89.3 Å². The van der Waals surface area contributed by atoms with E-state index in [2.05, 4.69) is 56.0 Å². The Bertz CT molecular complexity index is 5470. The van der Waals surface area contributed by atoms with Crippen molar-refractivity contribution >= 4 is 86.2 Å². The van der Waals surface area contributed by atoms with Crippen LogP contribution in [0.1, 0.15) is 152 Å². The van der Waals surface area contributed by atoms with Gasteiger partial charge in [0.25, 0.3) is 0 Å². The van der Waals surface area contributed by atoms with Crippen LogP contribution in [0.25, 0.3) is 86.2 Å². The maximum absolute atomic E-state index is 11.4. The van der Waals surface area contributed by atoms with Gasteiger partial charge in [0.1, 0.15) is 40.2 Å². The maximum Gasteiger partial charge on any atom is 0.125 e. The highest BCUT2D eigenvalue weighted by molar-refractivity contribution is 6.16. The summed E-state index contributed by atoms with van der Waals surface area (Å²) in [7, 11) is 11.4. The second-order valence-electron chi connectivity index (χ2n) is 32.8. The second kappa shape index (κ2) is 33.5. The molecule has 0 aliphatic carbocycles. The molecule has 0 aromatic heterocycles. The first-order chi connectivity index (χ1) is 57.2. The molecular formula is C96H108N4O17. The fraction of sp³-hybridized carbons (Fsp3) is 0.417. The van der Waals surface area contributed by atoms with Crippen molar-refractivity contribution in [3.8, 4) is 40.2 Å². The van der Waals surface area contributed by atoms with E-state index in [0.29, 0.717) is 46.5 Å². The summed E-state index contributed by atoms with van der Waals surface area (Å²) >= 11 is 0. The van der Waals surface area contributed by atoms with Crippen LogP contribution in [-0.4, -0.2) is 171 Å². The largest absolute Gasteiger partial charge is 0.496 e. The average molecular weight is 1590 g/mol. The van der Waals surface area contributed by atoms with Crippen molar-refractivity contribution in [3.63, 3.8) is 0 Å². The summed E-state index contributed by atoms with van der Waals surface area (Å²) < 4.78 is 39.0. The molecule has 8 heterocycles. The predicted molar refractivity (Wildman–Crippen MR) is 455 cm³/mol. The minimum absolute atomic E-state index is 0.0723. The molecule has 614 valence electrons. The van der Waals surface area contributed by atoms with Gasteiger partial charge in [-0.15, -0.1) is 0 Å². The number of methoxy groups -OCH3 is 7. The Kier molecular flexibility index (Phi) is 23.0. The number of hydrogen-bond donors (Lipinski definition) is 10. The van der Waals surface area contributed by atoms with Crippen molar-refractivity contribution in [3.05, 3.63) is 192 Å². The second-order valence-corrected chi connectivity index (χ2v) is 32.8. The number of benzene rings is 12. The molecule has 0 spiro atoms. The van der Waals surface area contributed by atoms with Gasteiger partial charge in [-0.3, -0.25) is 19.6 Å². The molecule has 0 saturated carbocycles. The van der Waals surface area contributed by atoms with Crippen LogP contribution in [0.4, 0.5) is 0 Å². The van der Waals surface area contributed by atoms with E-state index in [9.17, 15) is 51.1 Å². The Labute approximate surface area is 680 Å². The molecule has 8 aliphatic heterocycles. The van der Waals surface area contributed by atoms with E-state index < -0.39 is 6.10 Å². The molecule has 10 N–H and O–H groups in total. The quantitative estimate of drug-likeness (QED) is 0.0403. The van der Waals surface area contributed by atoms with Crippen molar-refractivity contribution in [2.24, 2.45) is 0 Å². The number of hydrogen-bond acceptors (Lipinski definition) is 21. The van der Waals surface area contributed by atoms with E-state index in [4.69, 9.17) is 33.2 Å². The van der Waals surface area contributed by atoms with Crippen LogP contribution in [0, 0.1) is 0 Å². The van der Waals surface area contributed by atoms with Crippen LogP contribution < -0.4 is 33.2 Å². The van der Waals surface area contributed by atoms with E-state index in [1.807, 2.05) is 60.7 Å². The molecular weight excluding hydrogens is 1480 g/mol. The van der Waals surface area contributed by atoms with Crippen LogP contribution in [0.5, 0.6) is 40.2 Å². The zero-order valence-electron chi connectivity index (χ0n) is 68.0. The van der Waals surface area contributed by atoms with Crippen molar-refractivity contribution in [1.82, 2.24) is 19.6 Å². The minimum atomic E-state index is -0.587. The molecule has 21 nitrogen and oxygen atoms in total. The van der Waals surface area contributed by atoms with Crippen LogP contribution in [0.3, 0.4) is 0 Å². The lowest BCUT2D eigenvalue weighted by Gasteiger charge is -2.37. The van der Waals surface area contributed by atoms with E-state index >= 15 is 0 Å². The highest BCUT2D eigenvalue weighted by atomic mass is 16.5. The Balaban J connectivity index is 0.000000112. The molecule has 21 heteroatoms. The summed E-state index contributed by atoms with van der Waals surface area (Å²) in [5.41, 5.74) is 17.0. The standard InChI is InChI=1S/C24H27NO5.3C24H27NO4/c1-29-21-8-17-15(6-13(21)11-26)16-7-14(12-27)22(30-2)9-18(16)23-19(17)10-25-5-3-4-20(25)24(23)28;2*1-28-23-9-20-17(6-14(23)12-26)18-7-15(13-27)24(29-2)10-21(18)22-11-25-5-3-4-16(25)8-19(20)22;1-29-23-9-19-18-8-16-3-2-6-25(16)10-21(18)17-5-4-14(11-26)22(13-28)24(17)20(19)7-15(23)12-27/h6-9,20,24,26-28H,3-5,10-12H2,1-2H3;2*6-7,9-10,16,26-27H,3-5,8,11-13H2,1-2H3;4-5,7,9,16,26-28H,2-3,6,8,10-13H2,1H3/t20-,24+;3*16-/m0101/s1. The molecule has 12 aromatic rings. The van der Waals surface area contributed by atoms with Crippen LogP contribution in [0.2, 0.25) is 0 Å². The zero-order valence-corrected chi connectivity index (χ0v) is 68.0. The molecule has 0 unspecified atom stereocenters. The molecule has 0 radical (unpaired) electrons. The first-order valence-electron chi connectivity index (χ1n) is 41.3. The van der Waals surface area contributed by atoms with Gasteiger partial charge in [-0.1, -0.05) is 12.1 Å². The lowest BCUT2D eigenvalue weighted by atomic mass is 9.82. The monoisotopic (exact) mass is 1590 g/mol. The maximum atomic E-state index is 11.4. The van der Waals surface area contributed by atoms with Crippen molar-refractivity contribution in [2.75, 3.05) is 75.9 Å². The van der Waals surface area contributed by atoms with Gasteiger partial charge in [-0.25, -0.2) is 0 Å². The van der Waals surface area contributed by atoms with Crippen molar-refractivity contribution < 1.29 is 84.2 Å². The van der Waals surface area contributed by atoms with Crippen LogP contribution >= 0.6 is 0 Å². The molecule has 4 saturated heterocycles. The van der Waals surface area contributed by atoms with Gasteiger partial charge in [-0.2, -0.15) is 0 Å². The summed E-state index contributed by atoms with van der Waals surface area (Å²) in [6, 6.07) is 34.3. The fourth-order valence-electron chi connectivity index (χ4n) is 21.6. The molecule has 12 aromatic carbocycles. The Morgan fingerprint density at radius 1 is 0.274 bits per heavy atom. The Hall–Kier alpha value is -9.24. The number of nitrogens with zero attached hydrogens (tertiary/aromatic N) is 4. The van der Waals surface area contributed by atoms with E-state index in [1.165, 1.54) is 93.5 Å². The summed E-state index contributed by atoms with van der Waals surface area (Å²) in [6.07, 6.45) is 12.0. The molecule has 20 rings (SSSR count). The highest BCUT2D eigenvalue weighted by Gasteiger charge is 2.41. The summed E-state index contributed by atoms with van der Waals surface area (Å²) in [5, 5.41) is 118. The number of ether oxygens (including phenoxy) is 7. The summed E-state index contributed by atoms with van der Waals surface area (Å²) in [4.78, 5) is 10.1. The molecule has 0 bridgehead atoms. The highest BCUT2D eigenvalue weighted by Crippen LogP contribution is 2.51.